The highest BCUT2D eigenvalue weighted by molar-refractivity contribution is 6.11. The van der Waals surface area contributed by atoms with Crippen LogP contribution in [0.4, 0.5) is 0 Å². The maximum Gasteiger partial charge on any atom is 0.160 e. The molecule has 0 saturated heterocycles. The van der Waals surface area contributed by atoms with Crippen molar-refractivity contribution < 1.29 is 0 Å². The van der Waals surface area contributed by atoms with Crippen molar-refractivity contribution in [3.8, 4) is 90.7 Å². The van der Waals surface area contributed by atoms with Crippen LogP contribution in [0.2, 0.25) is 0 Å². The van der Waals surface area contributed by atoms with E-state index >= 15 is 0 Å². The predicted octanol–water partition coefficient (Wildman–Crippen LogP) is 14.8. The predicted molar refractivity (Wildman–Crippen MR) is 269 cm³/mol. The van der Waals surface area contributed by atoms with Gasteiger partial charge in [-0.15, -0.1) is 0 Å². The van der Waals surface area contributed by atoms with Crippen molar-refractivity contribution in [1.82, 2.24) is 24.5 Å². The lowest BCUT2D eigenvalue weighted by Gasteiger charge is -2.21. The Balaban J connectivity index is 1.30. The van der Waals surface area contributed by atoms with Crippen molar-refractivity contribution in [1.29, 1.82) is 5.26 Å². The molecule has 6 heteroatoms. The highest BCUT2D eigenvalue weighted by atomic mass is 15.0. The van der Waals surface area contributed by atoms with Crippen LogP contribution in [-0.2, 0) is 0 Å². The minimum Gasteiger partial charge on any atom is -0.308 e. The number of nitriles is 1. The number of aromatic nitrogens is 5. The lowest BCUT2D eigenvalue weighted by Crippen LogP contribution is -2.05. The molecule has 0 N–H and O–H groups in total. The van der Waals surface area contributed by atoms with Gasteiger partial charge < -0.3 is 4.57 Å². The molecule has 0 unspecified atom stereocenters. The molecule has 0 aliphatic heterocycles. The summed E-state index contributed by atoms with van der Waals surface area (Å²) in [4.78, 5) is 21.1. The Morgan fingerprint density at radius 1 is 0.394 bits per heavy atom. The lowest BCUT2D eigenvalue weighted by atomic mass is 9.93. The first-order valence-corrected chi connectivity index (χ1v) is 22.1. The molecule has 11 rings (SSSR count). The van der Waals surface area contributed by atoms with E-state index in [4.69, 9.17) is 19.9 Å². The van der Waals surface area contributed by atoms with Crippen LogP contribution in [0, 0.1) is 32.1 Å². The summed E-state index contributed by atoms with van der Waals surface area (Å²) >= 11 is 0. The molecule has 0 saturated carbocycles. The van der Waals surface area contributed by atoms with Gasteiger partial charge in [-0.25, -0.2) is 19.9 Å². The van der Waals surface area contributed by atoms with Crippen LogP contribution in [0.15, 0.2) is 200 Å². The van der Waals surface area contributed by atoms with E-state index in [2.05, 4.69) is 122 Å². The molecule has 66 heavy (non-hydrogen) atoms. The average molecular weight is 847 g/mol. The second-order valence-electron chi connectivity index (χ2n) is 16.8. The Hall–Kier alpha value is -8.79. The second kappa shape index (κ2) is 16.7. The molecule has 0 radical (unpaired) electrons. The molecule has 0 spiro atoms. The molecule has 6 nitrogen and oxygen atoms in total. The van der Waals surface area contributed by atoms with E-state index in [-0.39, 0.29) is 0 Å². The number of para-hydroxylation sites is 1. The van der Waals surface area contributed by atoms with E-state index < -0.39 is 0 Å². The van der Waals surface area contributed by atoms with Crippen molar-refractivity contribution in [2.45, 2.75) is 20.8 Å². The van der Waals surface area contributed by atoms with Crippen LogP contribution in [0.1, 0.15) is 22.3 Å². The number of hydrogen-bond donors (Lipinski definition) is 0. The largest absolute Gasteiger partial charge is 0.308 e. The summed E-state index contributed by atoms with van der Waals surface area (Å²) in [7, 11) is 0. The Bertz CT molecular complexity index is 3380. The van der Waals surface area contributed by atoms with E-state index in [9.17, 15) is 5.26 Å². The SMILES string of the molecule is Cc1cc(C)c(-c2ccc3c4ccccc4n(-c4c(-c5cc(-c6ccccc6)nc(-c6ccccc6)n5)cc(C#N)cc4-c4cc(-c5ccccc5)nc(-c5ccccc5)n4)c3c2)c(C)c1. The van der Waals surface area contributed by atoms with Gasteiger partial charge in [0.15, 0.2) is 11.6 Å². The molecule has 312 valence electrons. The molecule has 0 aliphatic carbocycles. The van der Waals surface area contributed by atoms with Gasteiger partial charge >= 0.3 is 0 Å². The number of rotatable bonds is 8. The first-order chi connectivity index (χ1) is 32.4. The van der Waals surface area contributed by atoms with Crippen molar-refractivity contribution in [2.75, 3.05) is 0 Å². The zero-order chi connectivity index (χ0) is 44.7. The fourth-order valence-corrected chi connectivity index (χ4v) is 9.45. The summed E-state index contributed by atoms with van der Waals surface area (Å²) in [6.45, 7) is 6.54. The van der Waals surface area contributed by atoms with Crippen LogP contribution < -0.4 is 0 Å². The molecule has 3 heterocycles. The molecule has 0 atom stereocenters. The van der Waals surface area contributed by atoms with Crippen molar-refractivity contribution >= 4 is 21.8 Å². The van der Waals surface area contributed by atoms with Gasteiger partial charge in [0.05, 0.1) is 51.1 Å². The monoisotopic (exact) mass is 846 g/mol. The quantitative estimate of drug-likeness (QED) is 0.152. The maximum atomic E-state index is 11.0. The second-order valence-corrected chi connectivity index (χ2v) is 16.8. The molecule has 3 aromatic heterocycles. The van der Waals surface area contributed by atoms with Crippen LogP contribution in [0.25, 0.3) is 106 Å². The van der Waals surface area contributed by atoms with Crippen LogP contribution in [0.3, 0.4) is 0 Å². The van der Waals surface area contributed by atoms with Crippen molar-refractivity contribution in [3.05, 3.63) is 222 Å². The minimum absolute atomic E-state index is 0.471. The number of fused-ring (bicyclic) bond motifs is 3. The molecule has 0 amide bonds. The van der Waals surface area contributed by atoms with Crippen molar-refractivity contribution in [2.24, 2.45) is 0 Å². The van der Waals surface area contributed by atoms with E-state index in [0.717, 1.165) is 77.8 Å². The summed E-state index contributed by atoms with van der Waals surface area (Å²) in [5, 5.41) is 13.2. The van der Waals surface area contributed by atoms with E-state index in [0.29, 0.717) is 28.6 Å². The van der Waals surface area contributed by atoms with Crippen molar-refractivity contribution in [3.63, 3.8) is 0 Å². The summed E-state index contributed by atoms with van der Waals surface area (Å²) in [6, 6.07) is 71.0. The molecular formula is C60H42N6. The molecule has 8 aromatic carbocycles. The van der Waals surface area contributed by atoms with E-state index in [1.54, 1.807) is 0 Å². The summed E-state index contributed by atoms with van der Waals surface area (Å²) < 4.78 is 2.36. The smallest absolute Gasteiger partial charge is 0.160 e. The molecular weight excluding hydrogens is 805 g/mol. The lowest BCUT2D eigenvalue weighted by molar-refractivity contribution is 1.14. The van der Waals surface area contributed by atoms with E-state index in [1.807, 2.05) is 109 Å². The van der Waals surface area contributed by atoms with Gasteiger partial charge in [0, 0.05) is 44.2 Å². The van der Waals surface area contributed by atoms with Crippen LogP contribution >= 0.6 is 0 Å². The molecule has 0 fully saturated rings. The molecule has 0 bridgehead atoms. The fourth-order valence-electron chi connectivity index (χ4n) is 9.45. The van der Waals surface area contributed by atoms with Gasteiger partial charge in [-0.1, -0.05) is 169 Å². The Morgan fingerprint density at radius 2 is 0.833 bits per heavy atom. The number of hydrogen-bond acceptors (Lipinski definition) is 5. The third-order valence-electron chi connectivity index (χ3n) is 12.3. The van der Waals surface area contributed by atoms with Gasteiger partial charge in [0.25, 0.3) is 0 Å². The summed E-state index contributed by atoms with van der Waals surface area (Å²) in [6.07, 6.45) is 0. The number of aryl methyl sites for hydroxylation is 3. The minimum atomic E-state index is 0.471. The Kier molecular flexibility index (Phi) is 10.1. The first-order valence-electron chi connectivity index (χ1n) is 22.1. The number of benzene rings is 8. The van der Waals surface area contributed by atoms with Crippen LogP contribution in [0.5, 0.6) is 0 Å². The van der Waals surface area contributed by atoms with Gasteiger partial charge in [-0.2, -0.15) is 5.26 Å². The topological polar surface area (TPSA) is 80.3 Å². The van der Waals surface area contributed by atoms with Gasteiger partial charge in [-0.3, -0.25) is 0 Å². The molecule has 0 aliphatic rings. The van der Waals surface area contributed by atoms with Crippen LogP contribution in [-0.4, -0.2) is 24.5 Å². The fraction of sp³-hybridized carbons (Fsp3) is 0.0500. The maximum absolute atomic E-state index is 11.0. The van der Waals surface area contributed by atoms with Gasteiger partial charge in [0.1, 0.15) is 0 Å². The average Bonchev–Trinajstić information content (AvgIpc) is 3.69. The molecule has 11 aromatic rings. The standard InChI is InChI=1S/C60H42N6/c1-38-30-39(2)57(40(3)31-38)46-28-29-48-47-26-16-17-27-55(47)66(56(48)34-46)58-49(53-35-51(42-18-8-4-9-19-42)62-59(64-53)44-22-12-6-13-23-44)32-41(37-61)33-50(58)54-36-52(43-20-10-5-11-21-43)63-60(65-54)45-24-14-7-15-25-45/h4-36H,1-3H3. The highest BCUT2D eigenvalue weighted by Gasteiger charge is 2.25. The Labute approximate surface area is 383 Å². The summed E-state index contributed by atoms with van der Waals surface area (Å²) in [5.74, 6) is 1.16. The highest BCUT2D eigenvalue weighted by Crippen LogP contribution is 2.44. The van der Waals surface area contributed by atoms with E-state index in [1.165, 1.54) is 22.3 Å². The Morgan fingerprint density at radius 3 is 1.33 bits per heavy atom. The van der Waals surface area contributed by atoms with Gasteiger partial charge in [-0.05, 0) is 79.4 Å². The zero-order valence-electron chi connectivity index (χ0n) is 36.7. The zero-order valence-corrected chi connectivity index (χ0v) is 36.7. The third kappa shape index (κ3) is 7.29. The normalized spacial score (nSPS) is 11.2. The van der Waals surface area contributed by atoms with Gasteiger partial charge in [0.2, 0.25) is 0 Å². The first kappa shape index (κ1) is 40.0. The third-order valence-corrected chi connectivity index (χ3v) is 12.3. The number of nitrogens with zero attached hydrogens (tertiary/aromatic N) is 6. The summed E-state index contributed by atoms with van der Waals surface area (Å²) in [5.41, 5.74) is 17.4.